The van der Waals surface area contributed by atoms with Gasteiger partial charge in [-0.2, -0.15) is 12.6 Å². The van der Waals surface area contributed by atoms with Crippen LogP contribution in [0.1, 0.15) is 12.8 Å². The number of rotatable bonds is 2. The monoisotopic (exact) mass is 143 g/mol. The van der Waals surface area contributed by atoms with E-state index in [2.05, 4.69) is 17.6 Å². The molecule has 1 unspecified atom stereocenters. The Morgan fingerprint density at radius 1 is 1.89 bits per heavy atom. The Kier molecular flexibility index (Phi) is 2.16. The summed E-state index contributed by atoms with van der Waals surface area (Å²) < 4.78 is 4.98. The molecule has 0 radical (unpaired) electrons. The first-order valence-corrected chi connectivity index (χ1v) is 3.37. The van der Waals surface area contributed by atoms with Crippen LogP contribution in [0.4, 0.5) is 0 Å². The highest BCUT2D eigenvalue weighted by Gasteiger charge is 1.99. The van der Waals surface area contributed by atoms with Gasteiger partial charge in [0.1, 0.15) is 6.26 Å². The zero-order valence-electron chi connectivity index (χ0n) is 5.24. The molecule has 0 aliphatic carbocycles. The molecule has 0 aromatic carbocycles. The highest BCUT2D eigenvalue weighted by molar-refractivity contribution is 7.80. The lowest BCUT2D eigenvalue weighted by Gasteiger charge is -1.95. The highest BCUT2D eigenvalue weighted by atomic mass is 32.1. The predicted octanol–water partition coefficient (Wildman–Crippen LogP) is 1.54. The van der Waals surface area contributed by atoms with Crippen LogP contribution in [0.3, 0.4) is 0 Å². The van der Waals surface area contributed by atoms with E-state index in [-0.39, 0.29) is 0 Å². The van der Waals surface area contributed by atoms with E-state index >= 15 is 0 Å². The average Bonchev–Trinajstić information content (AvgIpc) is 2.15. The lowest BCUT2D eigenvalue weighted by molar-refractivity contribution is 0.494. The first-order valence-electron chi connectivity index (χ1n) is 2.85. The fraction of sp³-hybridized carbons (Fsp3) is 0.500. The topological polar surface area (TPSA) is 26.0 Å². The second kappa shape index (κ2) is 2.92. The minimum absolute atomic E-state index is 0.323. The van der Waals surface area contributed by atoms with Gasteiger partial charge in [0, 0.05) is 11.7 Å². The fourth-order valence-corrected chi connectivity index (χ4v) is 0.763. The molecule has 0 saturated heterocycles. The van der Waals surface area contributed by atoms with Crippen molar-refractivity contribution in [3.8, 4) is 0 Å². The normalized spacial score (nSPS) is 13.6. The van der Waals surface area contributed by atoms with Gasteiger partial charge in [-0.1, -0.05) is 6.92 Å². The lowest BCUT2D eigenvalue weighted by Crippen LogP contribution is -1.96. The van der Waals surface area contributed by atoms with Gasteiger partial charge in [-0.25, -0.2) is 4.98 Å². The average molecular weight is 143 g/mol. The molecule has 0 bridgehead atoms. The van der Waals surface area contributed by atoms with E-state index in [0.717, 1.165) is 12.3 Å². The van der Waals surface area contributed by atoms with Gasteiger partial charge >= 0.3 is 0 Å². The molecule has 2 nitrogen and oxygen atoms in total. The quantitative estimate of drug-likeness (QED) is 0.635. The number of oxazole rings is 1. The highest BCUT2D eigenvalue weighted by Crippen LogP contribution is 2.03. The van der Waals surface area contributed by atoms with E-state index in [1.807, 2.05) is 6.92 Å². The van der Waals surface area contributed by atoms with Crippen molar-refractivity contribution in [1.82, 2.24) is 4.98 Å². The Labute approximate surface area is 59.7 Å². The SMILES string of the molecule is CC(S)Cc1ncco1. The summed E-state index contributed by atoms with van der Waals surface area (Å²) in [7, 11) is 0. The Bertz CT molecular complexity index is 160. The molecule has 50 valence electrons. The molecule has 0 fully saturated rings. The summed E-state index contributed by atoms with van der Waals surface area (Å²) in [5, 5.41) is 0.323. The van der Waals surface area contributed by atoms with Crippen molar-refractivity contribution >= 4 is 12.6 Å². The lowest BCUT2D eigenvalue weighted by atomic mass is 10.3. The smallest absolute Gasteiger partial charge is 0.195 e. The van der Waals surface area contributed by atoms with Crippen LogP contribution in [0.15, 0.2) is 16.9 Å². The molecule has 0 aliphatic rings. The second-order valence-electron chi connectivity index (χ2n) is 1.98. The van der Waals surface area contributed by atoms with Crippen LogP contribution in [0.25, 0.3) is 0 Å². The van der Waals surface area contributed by atoms with Gasteiger partial charge in [0.2, 0.25) is 0 Å². The molecule has 1 heterocycles. The molecule has 1 aromatic rings. The molecule has 3 heteroatoms. The molecule has 0 amide bonds. The number of hydrogen-bond donors (Lipinski definition) is 1. The first-order chi connectivity index (χ1) is 4.29. The predicted molar refractivity (Wildman–Crippen MR) is 38.7 cm³/mol. The summed E-state index contributed by atoms with van der Waals surface area (Å²) >= 11 is 4.18. The van der Waals surface area contributed by atoms with Crippen molar-refractivity contribution in [3.05, 3.63) is 18.4 Å². The van der Waals surface area contributed by atoms with Crippen LogP contribution >= 0.6 is 12.6 Å². The third kappa shape index (κ3) is 2.10. The van der Waals surface area contributed by atoms with Crippen molar-refractivity contribution in [2.75, 3.05) is 0 Å². The van der Waals surface area contributed by atoms with Crippen LogP contribution in [-0.4, -0.2) is 10.2 Å². The summed E-state index contributed by atoms with van der Waals surface area (Å²) in [4.78, 5) is 3.94. The van der Waals surface area contributed by atoms with E-state index in [9.17, 15) is 0 Å². The molecular formula is C6H9NOS. The van der Waals surface area contributed by atoms with Gasteiger partial charge in [0.15, 0.2) is 5.89 Å². The van der Waals surface area contributed by atoms with E-state index < -0.39 is 0 Å². The summed E-state index contributed by atoms with van der Waals surface area (Å²) in [5.74, 6) is 0.762. The Morgan fingerprint density at radius 3 is 3.11 bits per heavy atom. The van der Waals surface area contributed by atoms with E-state index in [0.29, 0.717) is 5.25 Å². The largest absolute Gasteiger partial charge is 0.449 e. The molecule has 0 aliphatic heterocycles. The van der Waals surface area contributed by atoms with Gasteiger partial charge in [-0.3, -0.25) is 0 Å². The Hall–Kier alpha value is -0.440. The Morgan fingerprint density at radius 2 is 2.67 bits per heavy atom. The van der Waals surface area contributed by atoms with Gasteiger partial charge < -0.3 is 4.42 Å². The van der Waals surface area contributed by atoms with Crippen LogP contribution in [0.5, 0.6) is 0 Å². The first kappa shape index (κ1) is 6.68. The van der Waals surface area contributed by atoms with Crippen molar-refractivity contribution < 1.29 is 4.42 Å². The van der Waals surface area contributed by atoms with E-state index in [1.54, 1.807) is 12.5 Å². The third-order valence-electron chi connectivity index (χ3n) is 0.953. The maximum absolute atomic E-state index is 4.98. The summed E-state index contributed by atoms with van der Waals surface area (Å²) in [6.45, 7) is 2.01. The second-order valence-corrected chi connectivity index (χ2v) is 2.86. The minimum atomic E-state index is 0.323. The van der Waals surface area contributed by atoms with Crippen LogP contribution < -0.4 is 0 Å². The van der Waals surface area contributed by atoms with Crippen molar-refractivity contribution in [1.29, 1.82) is 0 Å². The van der Waals surface area contributed by atoms with E-state index in [4.69, 9.17) is 4.42 Å². The molecule has 0 N–H and O–H groups in total. The summed E-state index contributed by atoms with van der Waals surface area (Å²) in [5.41, 5.74) is 0. The van der Waals surface area contributed by atoms with Crippen molar-refractivity contribution in [2.24, 2.45) is 0 Å². The minimum Gasteiger partial charge on any atom is -0.449 e. The number of nitrogens with zero attached hydrogens (tertiary/aromatic N) is 1. The van der Waals surface area contributed by atoms with Crippen molar-refractivity contribution in [2.45, 2.75) is 18.6 Å². The van der Waals surface area contributed by atoms with Gasteiger partial charge in [0.05, 0.1) is 6.20 Å². The maximum atomic E-state index is 4.98. The zero-order valence-corrected chi connectivity index (χ0v) is 6.14. The summed E-state index contributed by atoms with van der Waals surface area (Å²) in [6, 6.07) is 0. The van der Waals surface area contributed by atoms with Crippen LogP contribution in [0.2, 0.25) is 0 Å². The molecule has 9 heavy (non-hydrogen) atoms. The molecule has 0 saturated carbocycles. The number of thiol groups is 1. The van der Waals surface area contributed by atoms with Gasteiger partial charge in [-0.05, 0) is 0 Å². The number of aromatic nitrogens is 1. The van der Waals surface area contributed by atoms with Gasteiger partial charge in [-0.15, -0.1) is 0 Å². The molecule has 1 aromatic heterocycles. The zero-order chi connectivity index (χ0) is 6.69. The third-order valence-corrected chi connectivity index (χ3v) is 1.14. The van der Waals surface area contributed by atoms with Crippen LogP contribution in [-0.2, 0) is 6.42 Å². The molecule has 0 spiro atoms. The van der Waals surface area contributed by atoms with E-state index in [1.165, 1.54) is 0 Å². The van der Waals surface area contributed by atoms with Crippen LogP contribution in [0, 0.1) is 0 Å². The van der Waals surface area contributed by atoms with Gasteiger partial charge in [0.25, 0.3) is 0 Å². The maximum Gasteiger partial charge on any atom is 0.195 e. The number of hydrogen-bond acceptors (Lipinski definition) is 3. The summed E-state index contributed by atoms with van der Waals surface area (Å²) in [6.07, 6.45) is 4.02. The fourth-order valence-electron chi connectivity index (χ4n) is 0.606. The Balaban J connectivity index is 2.48. The molecular weight excluding hydrogens is 134 g/mol. The molecule has 1 atom stereocenters. The molecule has 1 rings (SSSR count). The standard InChI is InChI=1S/C6H9NOS/c1-5(9)4-6-7-2-3-8-6/h2-3,5,9H,4H2,1H3. The van der Waals surface area contributed by atoms with Crippen molar-refractivity contribution in [3.63, 3.8) is 0 Å².